The van der Waals surface area contributed by atoms with Crippen LogP contribution in [0.3, 0.4) is 0 Å². The molecular weight excluding hydrogens is 244 g/mol. The smallest absolute Gasteiger partial charge is 0.274 e. The molecule has 1 aromatic rings. The number of aliphatic hydroxyl groups is 1. The molecule has 5 N–H and O–H groups in total. The summed E-state index contributed by atoms with van der Waals surface area (Å²) in [5.74, 6) is 0.185. The Labute approximate surface area is 112 Å². The predicted molar refractivity (Wildman–Crippen MR) is 72.7 cm³/mol. The summed E-state index contributed by atoms with van der Waals surface area (Å²) < 4.78 is 0. The van der Waals surface area contributed by atoms with Gasteiger partial charge in [-0.05, 0) is 25.7 Å². The van der Waals surface area contributed by atoms with Crippen LogP contribution in [0.2, 0.25) is 0 Å². The van der Waals surface area contributed by atoms with Crippen molar-refractivity contribution in [3.63, 3.8) is 0 Å². The number of hydrogen-bond acceptors (Lipinski definition) is 4. The lowest BCUT2D eigenvalue weighted by atomic mass is 9.77. The molecule has 1 aliphatic carbocycles. The van der Waals surface area contributed by atoms with Crippen LogP contribution < -0.4 is 11.1 Å². The van der Waals surface area contributed by atoms with Gasteiger partial charge in [0.2, 0.25) is 0 Å². The fourth-order valence-corrected chi connectivity index (χ4v) is 2.87. The van der Waals surface area contributed by atoms with Crippen molar-refractivity contribution in [1.82, 2.24) is 15.5 Å². The second kappa shape index (κ2) is 5.21. The predicted octanol–water partition coefficient (Wildman–Crippen LogP) is 0.971. The summed E-state index contributed by atoms with van der Waals surface area (Å²) >= 11 is 0. The van der Waals surface area contributed by atoms with Crippen molar-refractivity contribution in [3.05, 3.63) is 11.4 Å². The van der Waals surface area contributed by atoms with Gasteiger partial charge in [0.1, 0.15) is 0 Å². The molecule has 2 unspecified atom stereocenters. The molecule has 0 spiro atoms. The zero-order valence-electron chi connectivity index (χ0n) is 11.5. The molecule has 6 nitrogen and oxygen atoms in total. The van der Waals surface area contributed by atoms with E-state index >= 15 is 0 Å². The number of nitrogen functional groups attached to an aromatic ring is 1. The van der Waals surface area contributed by atoms with Crippen molar-refractivity contribution in [2.45, 2.75) is 45.1 Å². The first kappa shape index (κ1) is 13.9. The number of hydrogen-bond donors (Lipinski definition) is 4. The normalized spacial score (nSPS) is 27.2. The van der Waals surface area contributed by atoms with E-state index in [2.05, 4.69) is 22.4 Å². The van der Waals surface area contributed by atoms with E-state index in [9.17, 15) is 9.90 Å². The van der Waals surface area contributed by atoms with Gasteiger partial charge < -0.3 is 16.2 Å². The molecule has 1 heterocycles. The van der Waals surface area contributed by atoms with Crippen molar-refractivity contribution in [1.29, 1.82) is 0 Å². The van der Waals surface area contributed by atoms with Crippen LogP contribution in [0.5, 0.6) is 0 Å². The third-order valence-electron chi connectivity index (χ3n) is 3.98. The van der Waals surface area contributed by atoms with Gasteiger partial charge in [0, 0.05) is 0 Å². The number of aromatic nitrogens is 2. The van der Waals surface area contributed by atoms with Gasteiger partial charge in [0.15, 0.2) is 5.69 Å². The van der Waals surface area contributed by atoms with Crippen molar-refractivity contribution in [3.8, 4) is 0 Å². The first-order chi connectivity index (χ1) is 8.97. The Balaban J connectivity index is 2.14. The fraction of sp³-hybridized carbons (Fsp3) is 0.692. The Morgan fingerprint density at radius 2 is 2.42 bits per heavy atom. The van der Waals surface area contributed by atoms with Gasteiger partial charge in [-0.1, -0.05) is 19.8 Å². The highest BCUT2D eigenvalue weighted by atomic mass is 16.3. The third kappa shape index (κ3) is 2.73. The molecule has 1 aromatic heterocycles. The van der Waals surface area contributed by atoms with Crippen molar-refractivity contribution in [2.75, 3.05) is 12.3 Å². The summed E-state index contributed by atoms with van der Waals surface area (Å²) in [6, 6.07) is 0. The molecule has 1 fully saturated rings. The quantitative estimate of drug-likeness (QED) is 0.654. The van der Waals surface area contributed by atoms with Gasteiger partial charge in [0.25, 0.3) is 5.91 Å². The molecule has 1 aliphatic rings. The van der Waals surface area contributed by atoms with Gasteiger partial charge in [-0.3, -0.25) is 9.89 Å². The molecule has 2 rings (SSSR count). The summed E-state index contributed by atoms with van der Waals surface area (Å²) in [4.78, 5) is 12.2. The second-order valence-corrected chi connectivity index (χ2v) is 5.70. The molecule has 1 amide bonds. The SMILES string of the molecule is Cc1[nH]nc(C(=O)NC2(CO)CCCC(C)C2)c1N. The fourth-order valence-electron chi connectivity index (χ4n) is 2.87. The summed E-state index contributed by atoms with van der Waals surface area (Å²) in [6.07, 6.45) is 3.74. The number of amides is 1. The number of carbonyl (C=O) groups excluding carboxylic acids is 1. The molecule has 106 valence electrons. The zero-order chi connectivity index (χ0) is 14.0. The number of nitrogens with one attached hydrogen (secondary N) is 2. The van der Waals surface area contributed by atoms with E-state index in [1.165, 1.54) is 0 Å². The number of nitrogens with two attached hydrogens (primary N) is 1. The lowest BCUT2D eigenvalue weighted by Crippen LogP contribution is -2.54. The minimum atomic E-state index is -0.534. The number of aromatic amines is 1. The molecule has 1 saturated carbocycles. The van der Waals surface area contributed by atoms with Crippen LogP contribution in [0.15, 0.2) is 0 Å². The third-order valence-corrected chi connectivity index (χ3v) is 3.98. The molecule has 6 heteroatoms. The highest BCUT2D eigenvalue weighted by molar-refractivity contribution is 5.98. The van der Waals surface area contributed by atoms with Crippen molar-refractivity contribution >= 4 is 11.6 Å². The van der Waals surface area contributed by atoms with Crippen LogP contribution in [-0.2, 0) is 0 Å². The van der Waals surface area contributed by atoms with Gasteiger partial charge in [-0.25, -0.2) is 0 Å². The molecule has 0 bridgehead atoms. The number of H-pyrrole nitrogens is 1. The number of aliphatic hydroxyl groups excluding tert-OH is 1. The lowest BCUT2D eigenvalue weighted by molar-refractivity contribution is 0.0693. The van der Waals surface area contributed by atoms with E-state index in [0.29, 0.717) is 17.3 Å². The van der Waals surface area contributed by atoms with Crippen molar-refractivity contribution in [2.24, 2.45) is 5.92 Å². The topological polar surface area (TPSA) is 104 Å². The number of aryl methyl sites for hydroxylation is 1. The van der Waals surface area contributed by atoms with Gasteiger partial charge in [-0.15, -0.1) is 0 Å². The Hall–Kier alpha value is -1.56. The van der Waals surface area contributed by atoms with E-state index in [0.717, 1.165) is 25.7 Å². The van der Waals surface area contributed by atoms with Crippen LogP contribution in [-0.4, -0.2) is 33.4 Å². The Morgan fingerprint density at radius 1 is 1.68 bits per heavy atom. The Kier molecular flexibility index (Phi) is 3.80. The molecule has 0 saturated heterocycles. The summed E-state index contributed by atoms with van der Waals surface area (Å²) in [7, 11) is 0. The lowest BCUT2D eigenvalue weighted by Gasteiger charge is -2.39. The molecule has 0 aliphatic heterocycles. The highest BCUT2D eigenvalue weighted by Crippen LogP contribution is 2.32. The monoisotopic (exact) mass is 266 g/mol. The minimum Gasteiger partial charge on any atom is -0.395 e. The summed E-state index contributed by atoms with van der Waals surface area (Å²) in [5, 5.41) is 19.2. The van der Waals surface area contributed by atoms with E-state index < -0.39 is 5.54 Å². The first-order valence-electron chi connectivity index (χ1n) is 6.71. The average Bonchev–Trinajstić information content (AvgIpc) is 2.70. The standard InChI is InChI=1S/C13H22N4O2/c1-8-4-3-5-13(6-8,7-18)15-12(19)11-10(14)9(2)16-17-11/h8,18H,3-7,14H2,1-2H3,(H,15,19)(H,16,17). The average molecular weight is 266 g/mol. The highest BCUT2D eigenvalue weighted by Gasteiger charge is 2.36. The van der Waals surface area contributed by atoms with E-state index in [1.54, 1.807) is 6.92 Å². The number of carbonyl (C=O) groups is 1. The molecule has 0 aromatic carbocycles. The molecular formula is C13H22N4O2. The van der Waals surface area contributed by atoms with Crippen molar-refractivity contribution < 1.29 is 9.90 Å². The zero-order valence-corrected chi connectivity index (χ0v) is 11.5. The molecule has 2 atom stereocenters. The van der Waals surface area contributed by atoms with Gasteiger partial charge in [-0.2, -0.15) is 5.10 Å². The van der Waals surface area contributed by atoms with E-state index in [1.807, 2.05) is 0 Å². The van der Waals surface area contributed by atoms with Crippen LogP contribution >= 0.6 is 0 Å². The van der Waals surface area contributed by atoms with Crippen LogP contribution in [0.25, 0.3) is 0 Å². The number of nitrogens with zero attached hydrogens (tertiary/aromatic N) is 1. The largest absolute Gasteiger partial charge is 0.395 e. The Morgan fingerprint density at radius 3 is 2.95 bits per heavy atom. The van der Waals surface area contributed by atoms with E-state index in [-0.39, 0.29) is 18.2 Å². The summed E-state index contributed by atoms with van der Waals surface area (Å²) in [5.41, 5.74) is 6.53. The molecule has 19 heavy (non-hydrogen) atoms. The maximum Gasteiger partial charge on any atom is 0.274 e. The maximum atomic E-state index is 12.2. The van der Waals surface area contributed by atoms with Gasteiger partial charge in [0.05, 0.1) is 23.5 Å². The van der Waals surface area contributed by atoms with Crippen LogP contribution in [0.4, 0.5) is 5.69 Å². The number of rotatable bonds is 3. The van der Waals surface area contributed by atoms with Crippen LogP contribution in [0.1, 0.15) is 48.8 Å². The summed E-state index contributed by atoms with van der Waals surface area (Å²) in [6.45, 7) is 3.86. The first-order valence-corrected chi connectivity index (χ1v) is 6.71. The van der Waals surface area contributed by atoms with Crippen LogP contribution in [0, 0.1) is 12.8 Å². The second-order valence-electron chi connectivity index (χ2n) is 5.70. The minimum absolute atomic E-state index is 0.0492. The Bertz CT molecular complexity index is 471. The van der Waals surface area contributed by atoms with Gasteiger partial charge >= 0.3 is 0 Å². The molecule has 0 radical (unpaired) electrons. The number of anilines is 1. The van der Waals surface area contributed by atoms with E-state index in [4.69, 9.17) is 5.73 Å². The maximum absolute atomic E-state index is 12.2.